The second kappa shape index (κ2) is 2.49. The van der Waals surface area contributed by atoms with Crippen LogP contribution in [0.4, 0.5) is 0 Å². The van der Waals surface area contributed by atoms with E-state index in [0.29, 0.717) is 0 Å². The van der Waals surface area contributed by atoms with Gasteiger partial charge in [-0.25, -0.2) is 0 Å². The number of ketones is 1. The first-order valence-corrected chi connectivity index (χ1v) is 2.89. The highest BCUT2D eigenvalue weighted by atomic mass is 16.4. The lowest BCUT2D eigenvalue weighted by molar-refractivity contribution is -0.133. The quantitative estimate of drug-likeness (QED) is 0.375. The number of hydrogen-bond donors (Lipinski definition) is 3. The maximum absolute atomic E-state index is 10.5. The Bertz CT molecular complexity index is 175. The molecule has 0 aromatic rings. The molecule has 0 saturated heterocycles. The van der Waals surface area contributed by atoms with Gasteiger partial charge in [-0.05, 0) is 12.2 Å². The van der Waals surface area contributed by atoms with Crippen LogP contribution in [0.5, 0.6) is 0 Å². The Morgan fingerprint density at radius 3 is 2.40 bits per heavy atom. The topological polar surface area (TPSA) is 77.8 Å². The van der Waals surface area contributed by atoms with Crippen molar-refractivity contribution in [1.29, 1.82) is 0 Å². The first kappa shape index (κ1) is 7.40. The van der Waals surface area contributed by atoms with Crippen LogP contribution in [0.3, 0.4) is 0 Å². The first-order chi connectivity index (χ1) is 4.63. The van der Waals surface area contributed by atoms with Crippen LogP contribution in [-0.4, -0.2) is 39.4 Å². The number of carbonyl (C=O) groups excluding carboxylic acids is 1. The largest absolute Gasteiger partial charge is 0.387 e. The van der Waals surface area contributed by atoms with Crippen molar-refractivity contribution in [3.05, 3.63) is 12.2 Å². The van der Waals surface area contributed by atoms with Crippen molar-refractivity contribution in [2.45, 2.75) is 18.3 Å². The minimum atomic E-state index is -1.47. The van der Waals surface area contributed by atoms with Crippen molar-refractivity contribution in [2.75, 3.05) is 0 Å². The van der Waals surface area contributed by atoms with Crippen LogP contribution in [0.25, 0.3) is 0 Å². The molecule has 0 saturated carbocycles. The summed E-state index contributed by atoms with van der Waals surface area (Å²) >= 11 is 0. The van der Waals surface area contributed by atoms with Crippen molar-refractivity contribution in [2.24, 2.45) is 0 Å². The van der Waals surface area contributed by atoms with E-state index in [2.05, 4.69) is 0 Å². The molecule has 10 heavy (non-hydrogen) atoms. The molecule has 0 unspecified atom stereocenters. The molecule has 4 heteroatoms. The Balaban J connectivity index is 2.79. The fraction of sp³-hybridized carbons (Fsp3) is 0.500. The van der Waals surface area contributed by atoms with E-state index in [0.717, 1.165) is 12.2 Å². The molecule has 0 aromatic carbocycles. The predicted molar refractivity (Wildman–Crippen MR) is 32.2 cm³/mol. The zero-order chi connectivity index (χ0) is 7.72. The predicted octanol–water partition coefficient (Wildman–Crippen LogP) is -1.79. The summed E-state index contributed by atoms with van der Waals surface area (Å²) in [5.74, 6) is -0.571. The minimum absolute atomic E-state index is 0.571. The molecule has 0 fully saturated rings. The van der Waals surface area contributed by atoms with Gasteiger partial charge in [0.05, 0.1) is 0 Å². The number of aliphatic hydroxyl groups excluding tert-OH is 3. The van der Waals surface area contributed by atoms with Gasteiger partial charge in [-0.1, -0.05) is 0 Å². The van der Waals surface area contributed by atoms with Gasteiger partial charge in [0.15, 0.2) is 5.78 Å². The molecular formula is C6H8O4. The summed E-state index contributed by atoms with van der Waals surface area (Å²) in [6.07, 6.45) is -1.77. The second-order valence-corrected chi connectivity index (χ2v) is 2.19. The normalized spacial score (nSPS) is 40.3. The summed E-state index contributed by atoms with van der Waals surface area (Å²) < 4.78 is 0. The van der Waals surface area contributed by atoms with Gasteiger partial charge in [0.2, 0.25) is 0 Å². The third kappa shape index (κ3) is 1.09. The van der Waals surface area contributed by atoms with Crippen molar-refractivity contribution >= 4 is 5.78 Å². The molecule has 1 rings (SSSR count). The van der Waals surface area contributed by atoms with Crippen molar-refractivity contribution in [3.63, 3.8) is 0 Å². The smallest absolute Gasteiger partial charge is 0.186 e. The molecule has 0 radical (unpaired) electrons. The fourth-order valence-corrected chi connectivity index (χ4v) is 0.761. The fourth-order valence-electron chi connectivity index (χ4n) is 0.761. The standard InChI is InChI=1S/C6H8O4/c7-3-1-2-4(8)6(10)5(3)9/h1-3,5-7,9-10H/t3-,5+,6+/m1/s1. The number of hydrogen-bond acceptors (Lipinski definition) is 4. The summed E-state index contributed by atoms with van der Waals surface area (Å²) in [7, 11) is 0. The molecule has 1 aliphatic rings. The zero-order valence-electron chi connectivity index (χ0n) is 5.14. The van der Waals surface area contributed by atoms with E-state index >= 15 is 0 Å². The van der Waals surface area contributed by atoms with Gasteiger partial charge in [0.25, 0.3) is 0 Å². The Morgan fingerprint density at radius 2 is 1.90 bits per heavy atom. The van der Waals surface area contributed by atoms with Gasteiger partial charge in [0, 0.05) is 0 Å². The van der Waals surface area contributed by atoms with E-state index in [1.165, 1.54) is 0 Å². The van der Waals surface area contributed by atoms with E-state index in [9.17, 15) is 4.79 Å². The van der Waals surface area contributed by atoms with Gasteiger partial charge in [0.1, 0.15) is 18.3 Å². The maximum atomic E-state index is 10.5. The molecule has 0 aliphatic heterocycles. The van der Waals surface area contributed by atoms with Gasteiger partial charge in [-0.2, -0.15) is 0 Å². The Kier molecular flexibility index (Phi) is 1.85. The van der Waals surface area contributed by atoms with Crippen molar-refractivity contribution in [1.82, 2.24) is 0 Å². The van der Waals surface area contributed by atoms with Gasteiger partial charge in [-0.3, -0.25) is 4.79 Å². The zero-order valence-corrected chi connectivity index (χ0v) is 5.14. The van der Waals surface area contributed by atoms with Gasteiger partial charge in [-0.15, -0.1) is 0 Å². The Morgan fingerprint density at radius 1 is 1.30 bits per heavy atom. The lowest BCUT2D eigenvalue weighted by Crippen LogP contribution is -2.43. The highest BCUT2D eigenvalue weighted by Crippen LogP contribution is 2.08. The minimum Gasteiger partial charge on any atom is -0.387 e. The highest BCUT2D eigenvalue weighted by molar-refractivity contribution is 5.94. The monoisotopic (exact) mass is 144 g/mol. The summed E-state index contributed by atoms with van der Waals surface area (Å²) in [6, 6.07) is 0. The molecule has 3 atom stereocenters. The van der Waals surface area contributed by atoms with Gasteiger partial charge >= 0.3 is 0 Å². The molecule has 3 N–H and O–H groups in total. The molecular weight excluding hydrogens is 136 g/mol. The van der Waals surface area contributed by atoms with E-state index in [1.807, 2.05) is 0 Å². The van der Waals surface area contributed by atoms with Crippen molar-refractivity contribution in [3.8, 4) is 0 Å². The molecule has 0 amide bonds. The summed E-state index contributed by atoms with van der Waals surface area (Å²) in [6.45, 7) is 0. The van der Waals surface area contributed by atoms with Crippen LogP contribution in [0.1, 0.15) is 0 Å². The molecule has 0 aromatic heterocycles. The average molecular weight is 144 g/mol. The van der Waals surface area contributed by atoms with Crippen LogP contribution in [0.2, 0.25) is 0 Å². The van der Waals surface area contributed by atoms with Gasteiger partial charge < -0.3 is 15.3 Å². The number of rotatable bonds is 0. The summed E-state index contributed by atoms with van der Waals surface area (Å²) in [5.41, 5.74) is 0. The van der Waals surface area contributed by atoms with Crippen LogP contribution in [0.15, 0.2) is 12.2 Å². The lowest BCUT2D eigenvalue weighted by Gasteiger charge is -2.21. The van der Waals surface area contributed by atoms with E-state index in [1.54, 1.807) is 0 Å². The molecule has 56 valence electrons. The third-order valence-electron chi connectivity index (χ3n) is 1.42. The Hall–Kier alpha value is -0.710. The maximum Gasteiger partial charge on any atom is 0.186 e. The highest BCUT2D eigenvalue weighted by Gasteiger charge is 2.30. The third-order valence-corrected chi connectivity index (χ3v) is 1.42. The van der Waals surface area contributed by atoms with Crippen molar-refractivity contribution < 1.29 is 20.1 Å². The van der Waals surface area contributed by atoms with E-state index in [-0.39, 0.29) is 0 Å². The summed E-state index contributed by atoms with van der Waals surface area (Å²) in [4.78, 5) is 10.5. The molecule has 1 aliphatic carbocycles. The second-order valence-electron chi connectivity index (χ2n) is 2.19. The summed E-state index contributed by atoms with van der Waals surface area (Å²) in [5, 5.41) is 26.5. The molecule has 4 nitrogen and oxygen atoms in total. The Labute approximate surface area is 57.4 Å². The molecule has 0 bridgehead atoms. The average Bonchev–Trinajstić information content (AvgIpc) is 1.93. The van der Waals surface area contributed by atoms with Crippen LogP contribution in [-0.2, 0) is 4.79 Å². The number of aliphatic hydroxyl groups is 3. The van der Waals surface area contributed by atoms with Crippen LogP contribution >= 0.6 is 0 Å². The van der Waals surface area contributed by atoms with Crippen LogP contribution < -0.4 is 0 Å². The number of carbonyl (C=O) groups is 1. The first-order valence-electron chi connectivity index (χ1n) is 2.89. The molecule has 0 heterocycles. The molecule has 0 spiro atoms. The van der Waals surface area contributed by atoms with E-state index in [4.69, 9.17) is 15.3 Å². The SMILES string of the molecule is O=C1C=C[C@@H](O)[C@H](O)[C@H]1O. The van der Waals surface area contributed by atoms with Crippen LogP contribution in [0, 0.1) is 0 Å². The van der Waals surface area contributed by atoms with E-state index < -0.39 is 24.1 Å². The lowest BCUT2D eigenvalue weighted by atomic mass is 9.98.